The van der Waals surface area contributed by atoms with Crippen LogP contribution in [0.4, 0.5) is 0 Å². The first-order chi connectivity index (χ1) is 8.65. The molecule has 0 radical (unpaired) electrons. The van der Waals surface area contributed by atoms with Gasteiger partial charge in [-0.25, -0.2) is 0 Å². The van der Waals surface area contributed by atoms with E-state index in [9.17, 15) is 0 Å². The van der Waals surface area contributed by atoms with Crippen molar-refractivity contribution in [3.05, 3.63) is 29.8 Å². The summed E-state index contributed by atoms with van der Waals surface area (Å²) >= 11 is 6.50. The molecule has 1 unspecified atom stereocenters. The molecule has 0 N–H and O–H groups in total. The summed E-state index contributed by atoms with van der Waals surface area (Å²) in [6.45, 7) is 4.08. The highest BCUT2D eigenvalue weighted by atomic mass is 35.5. The van der Waals surface area contributed by atoms with E-state index < -0.39 is 0 Å². The maximum absolute atomic E-state index is 6.50. The molecular formula is C16H23ClO. The average molecular weight is 267 g/mol. The van der Waals surface area contributed by atoms with Crippen LogP contribution in [0, 0.1) is 5.92 Å². The molecule has 1 fully saturated rings. The van der Waals surface area contributed by atoms with Crippen molar-refractivity contribution in [2.45, 2.75) is 57.4 Å². The maximum atomic E-state index is 6.50. The van der Waals surface area contributed by atoms with Crippen molar-refractivity contribution in [1.29, 1.82) is 0 Å². The summed E-state index contributed by atoms with van der Waals surface area (Å²) in [4.78, 5) is 0. The third kappa shape index (κ3) is 3.91. The Balaban J connectivity index is 1.91. The van der Waals surface area contributed by atoms with Gasteiger partial charge in [-0.05, 0) is 43.9 Å². The van der Waals surface area contributed by atoms with Crippen LogP contribution in [-0.2, 0) is 0 Å². The number of ether oxygens (including phenoxy) is 1. The normalized spacial score (nSPS) is 18.2. The lowest BCUT2D eigenvalue weighted by Crippen LogP contribution is -2.05. The van der Waals surface area contributed by atoms with Crippen molar-refractivity contribution in [3.8, 4) is 5.75 Å². The molecule has 1 aromatic rings. The van der Waals surface area contributed by atoms with Crippen LogP contribution in [0.25, 0.3) is 0 Å². The van der Waals surface area contributed by atoms with Crippen LogP contribution in [0.1, 0.15) is 56.9 Å². The van der Waals surface area contributed by atoms with Gasteiger partial charge in [0.1, 0.15) is 5.75 Å². The molecule has 18 heavy (non-hydrogen) atoms. The predicted molar refractivity (Wildman–Crippen MR) is 77.4 cm³/mol. The zero-order valence-electron chi connectivity index (χ0n) is 11.4. The van der Waals surface area contributed by atoms with Crippen LogP contribution >= 0.6 is 11.6 Å². The van der Waals surface area contributed by atoms with Gasteiger partial charge >= 0.3 is 0 Å². The molecule has 100 valence electrons. The molecule has 2 heteroatoms. The van der Waals surface area contributed by atoms with Gasteiger partial charge < -0.3 is 4.74 Å². The Morgan fingerprint density at radius 2 is 1.78 bits per heavy atom. The van der Waals surface area contributed by atoms with Gasteiger partial charge in [0, 0.05) is 0 Å². The van der Waals surface area contributed by atoms with Gasteiger partial charge in [0.2, 0.25) is 0 Å². The Kier molecular flexibility index (Phi) is 4.94. The molecule has 0 bridgehead atoms. The van der Waals surface area contributed by atoms with Crippen LogP contribution in [0.3, 0.4) is 0 Å². The lowest BCUT2D eigenvalue weighted by molar-refractivity contribution is 0.242. The smallest absolute Gasteiger partial charge is 0.119 e. The van der Waals surface area contributed by atoms with E-state index in [4.69, 9.17) is 16.3 Å². The third-order valence-corrected chi connectivity index (χ3v) is 4.06. The highest BCUT2D eigenvalue weighted by Gasteiger charge is 2.19. The Morgan fingerprint density at radius 3 is 2.33 bits per heavy atom. The van der Waals surface area contributed by atoms with E-state index in [1.165, 1.54) is 31.2 Å². The molecule has 0 aliphatic heterocycles. The van der Waals surface area contributed by atoms with Gasteiger partial charge in [-0.2, -0.15) is 0 Å². The summed E-state index contributed by atoms with van der Waals surface area (Å²) in [6, 6.07) is 8.26. The zero-order valence-corrected chi connectivity index (χ0v) is 12.1. The molecule has 0 saturated heterocycles. The largest absolute Gasteiger partial charge is 0.491 e. The molecule has 0 aromatic heterocycles. The number of halogens is 1. The molecule has 1 nitrogen and oxygen atoms in total. The van der Waals surface area contributed by atoms with Gasteiger partial charge in [0.05, 0.1) is 11.5 Å². The van der Waals surface area contributed by atoms with Crippen LogP contribution < -0.4 is 4.74 Å². The van der Waals surface area contributed by atoms with E-state index in [1.54, 1.807) is 0 Å². The topological polar surface area (TPSA) is 9.23 Å². The lowest BCUT2D eigenvalue weighted by atomic mass is 9.98. The minimum Gasteiger partial charge on any atom is -0.491 e. The Labute approximate surface area is 115 Å². The molecule has 1 aliphatic rings. The summed E-state index contributed by atoms with van der Waals surface area (Å²) in [6.07, 6.45) is 6.83. The minimum absolute atomic E-state index is 0.154. The van der Waals surface area contributed by atoms with Crippen molar-refractivity contribution < 1.29 is 4.74 Å². The summed E-state index contributed by atoms with van der Waals surface area (Å²) in [5, 5.41) is 0.154. The Morgan fingerprint density at radius 1 is 1.17 bits per heavy atom. The summed E-state index contributed by atoms with van der Waals surface area (Å²) < 4.78 is 5.64. The number of hydrogen-bond acceptors (Lipinski definition) is 1. The third-order valence-electron chi connectivity index (χ3n) is 3.63. The van der Waals surface area contributed by atoms with Crippen molar-refractivity contribution in [3.63, 3.8) is 0 Å². The lowest BCUT2D eigenvalue weighted by Gasteiger charge is -2.16. The van der Waals surface area contributed by atoms with Gasteiger partial charge in [-0.15, -0.1) is 11.6 Å². The van der Waals surface area contributed by atoms with E-state index >= 15 is 0 Å². The van der Waals surface area contributed by atoms with E-state index in [0.29, 0.717) is 0 Å². The van der Waals surface area contributed by atoms with Crippen LogP contribution in [-0.4, -0.2) is 6.10 Å². The second-order valence-electron chi connectivity index (χ2n) is 5.59. The number of alkyl halides is 1. The van der Waals surface area contributed by atoms with E-state index in [-0.39, 0.29) is 11.5 Å². The van der Waals surface area contributed by atoms with Crippen molar-refractivity contribution in [2.75, 3.05) is 0 Å². The van der Waals surface area contributed by atoms with Crippen molar-refractivity contribution in [2.24, 2.45) is 5.92 Å². The quantitative estimate of drug-likeness (QED) is 0.654. The molecule has 0 spiro atoms. The zero-order chi connectivity index (χ0) is 13.0. The molecule has 1 aliphatic carbocycles. The summed E-state index contributed by atoms with van der Waals surface area (Å²) in [5.41, 5.74) is 1.22. The van der Waals surface area contributed by atoms with Crippen LogP contribution in [0.5, 0.6) is 5.75 Å². The first-order valence-corrected chi connectivity index (χ1v) is 7.49. The number of benzene rings is 1. The fourth-order valence-electron chi connectivity index (χ4n) is 2.70. The number of hydrogen-bond donors (Lipinski definition) is 0. The predicted octanol–water partition coefficient (Wildman–Crippen LogP) is 5.33. The van der Waals surface area contributed by atoms with E-state index in [0.717, 1.165) is 18.1 Å². The first kappa shape index (κ1) is 13.7. The van der Waals surface area contributed by atoms with Crippen LogP contribution in [0.15, 0.2) is 24.3 Å². The molecular weight excluding hydrogens is 244 g/mol. The van der Waals surface area contributed by atoms with Gasteiger partial charge in [-0.3, -0.25) is 0 Å². The Hall–Kier alpha value is -0.690. The minimum atomic E-state index is 0.154. The van der Waals surface area contributed by atoms with Gasteiger partial charge in [-0.1, -0.05) is 37.8 Å². The highest BCUT2D eigenvalue weighted by molar-refractivity contribution is 6.20. The second kappa shape index (κ2) is 6.47. The summed E-state index contributed by atoms with van der Waals surface area (Å²) in [7, 11) is 0. The SMILES string of the molecule is CC(C)Oc1ccc(C(Cl)CC2CCCC2)cc1. The monoisotopic (exact) mass is 266 g/mol. The van der Waals surface area contributed by atoms with Crippen LogP contribution in [0.2, 0.25) is 0 Å². The molecule has 0 amide bonds. The standard InChI is InChI=1S/C16H23ClO/c1-12(2)18-15-9-7-14(8-10-15)16(17)11-13-5-3-4-6-13/h7-10,12-13,16H,3-6,11H2,1-2H3. The number of rotatable bonds is 5. The van der Waals surface area contributed by atoms with Crippen molar-refractivity contribution in [1.82, 2.24) is 0 Å². The molecule has 0 heterocycles. The second-order valence-corrected chi connectivity index (χ2v) is 6.12. The summed E-state index contributed by atoms with van der Waals surface area (Å²) in [5.74, 6) is 1.76. The van der Waals surface area contributed by atoms with Gasteiger partial charge in [0.15, 0.2) is 0 Å². The van der Waals surface area contributed by atoms with Gasteiger partial charge in [0.25, 0.3) is 0 Å². The molecule has 1 aromatic carbocycles. The molecule has 1 saturated carbocycles. The molecule has 1 atom stereocenters. The maximum Gasteiger partial charge on any atom is 0.119 e. The van der Waals surface area contributed by atoms with E-state index in [2.05, 4.69) is 12.1 Å². The first-order valence-electron chi connectivity index (χ1n) is 7.06. The average Bonchev–Trinajstić information content (AvgIpc) is 2.82. The van der Waals surface area contributed by atoms with Crippen molar-refractivity contribution >= 4 is 11.6 Å². The fourth-order valence-corrected chi connectivity index (χ4v) is 3.10. The molecule has 2 rings (SSSR count). The highest BCUT2D eigenvalue weighted by Crippen LogP contribution is 2.36. The fraction of sp³-hybridized carbons (Fsp3) is 0.625. The van der Waals surface area contributed by atoms with E-state index in [1.807, 2.05) is 26.0 Å². The Bertz CT molecular complexity index is 352.